The maximum Gasteiger partial charge on any atom is 0.246 e. The molecule has 3 aliphatic rings. The van der Waals surface area contributed by atoms with Gasteiger partial charge in [0.1, 0.15) is 12.4 Å². The number of benzene rings is 2. The maximum absolute atomic E-state index is 14.4. The summed E-state index contributed by atoms with van der Waals surface area (Å²) >= 11 is 1.79. The fourth-order valence-electron chi connectivity index (χ4n) is 7.40. The van der Waals surface area contributed by atoms with Gasteiger partial charge in [0.25, 0.3) is 0 Å². The van der Waals surface area contributed by atoms with Gasteiger partial charge in [0.05, 0.1) is 23.6 Å². The summed E-state index contributed by atoms with van der Waals surface area (Å²) in [6, 6.07) is 15.2. The molecule has 0 atom stereocenters. The first kappa shape index (κ1) is 33.6. The molecule has 3 aliphatic carbocycles. The first-order valence-corrected chi connectivity index (χ1v) is 18.3. The van der Waals surface area contributed by atoms with E-state index in [1.54, 1.807) is 18.4 Å². The zero-order valence-corrected chi connectivity index (χ0v) is 28.7. The monoisotopic (exact) mass is 658 g/mol. The van der Waals surface area contributed by atoms with Crippen LogP contribution >= 0.6 is 11.3 Å². The largest absolute Gasteiger partial charge is 0.496 e. The molecule has 2 aromatic carbocycles. The minimum atomic E-state index is -0.111. The summed E-state index contributed by atoms with van der Waals surface area (Å²) in [5.41, 5.74) is 10.2. The predicted molar refractivity (Wildman–Crippen MR) is 188 cm³/mol. The molecule has 0 bridgehead atoms. The standard InChI is InChI=1S/C38H50N4O4S/c1-25-20-30(14-17-34(25)45-2)27-8-6-26(7-9-27)23-42(33-5-3-4-31(21-33)35-22-40-37(47-35)28-10-11-28)38(44)29-12-15-32(16-13-29)41-36(43)24-46-19-18-39/h3-5,14,17,20-22,26-29,32H,6-13,15-16,18-19,23-24,39H2,1-2H3,(H,41,43). The number of nitrogens with one attached hydrogen (secondary N) is 1. The van der Waals surface area contributed by atoms with E-state index in [0.29, 0.717) is 30.9 Å². The van der Waals surface area contributed by atoms with E-state index < -0.39 is 0 Å². The van der Waals surface area contributed by atoms with Crippen molar-refractivity contribution in [3.8, 4) is 16.2 Å². The van der Waals surface area contributed by atoms with Crippen molar-refractivity contribution in [1.82, 2.24) is 10.3 Å². The van der Waals surface area contributed by atoms with Gasteiger partial charge in [-0.15, -0.1) is 11.3 Å². The summed E-state index contributed by atoms with van der Waals surface area (Å²) in [5, 5.41) is 4.32. The number of carbonyl (C=O) groups excluding carboxylic acids is 2. The van der Waals surface area contributed by atoms with E-state index in [2.05, 4.69) is 59.6 Å². The molecule has 0 spiro atoms. The number of methoxy groups -OCH3 is 1. The van der Waals surface area contributed by atoms with E-state index in [1.165, 1.54) is 33.9 Å². The van der Waals surface area contributed by atoms with Crippen LogP contribution in [0.25, 0.3) is 10.4 Å². The number of thiazole rings is 1. The van der Waals surface area contributed by atoms with Crippen molar-refractivity contribution >= 4 is 28.8 Å². The lowest BCUT2D eigenvalue weighted by Crippen LogP contribution is -2.44. The van der Waals surface area contributed by atoms with E-state index in [4.69, 9.17) is 20.2 Å². The maximum atomic E-state index is 14.4. The average molecular weight is 659 g/mol. The highest BCUT2D eigenvalue weighted by Crippen LogP contribution is 2.44. The van der Waals surface area contributed by atoms with Crippen LogP contribution in [0.2, 0.25) is 0 Å². The summed E-state index contributed by atoms with van der Waals surface area (Å²) in [4.78, 5) is 34.7. The normalized spacial score (nSPS) is 22.9. The molecule has 1 aromatic heterocycles. The van der Waals surface area contributed by atoms with Gasteiger partial charge in [-0.1, -0.05) is 24.3 Å². The lowest BCUT2D eigenvalue weighted by atomic mass is 9.78. The highest BCUT2D eigenvalue weighted by molar-refractivity contribution is 7.15. The molecule has 3 fully saturated rings. The van der Waals surface area contributed by atoms with Crippen molar-refractivity contribution in [2.45, 2.75) is 89.0 Å². The van der Waals surface area contributed by atoms with Gasteiger partial charge >= 0.3 is 0 Å². The predicted octanol–water partition coefficient (Wildman–Crippen LogP) is 6.96. The topological polar surface area (TPSA) is 107 Å². The van der Waals surface area contributed by atoms with Crippen LogP contribution in [-0.2, 0) is 14.3 Å². The zero-order chi connectivity index (χ0) is 32.8. The number of anilines is 1. The molecule has 0 unspecified atom stereocenters. The van der Waals surface area contributed by atoms with Crippen molar-refractivity contribution in [3.05, 3.63) is 64.8 Å². The molecule has 0 radical (unpaired) electrons. The van der Waals surface area contributed by atoms with Gasteiger partial charge in [-0.25, -0.2) is 4.98 Å². The number of amides is 2. The van der Waals surface area contributed by atoms with Gasteiger partial charge in [-0.05, 0) is 118 Å². The number of nitrogens with zero attached hydrogens (tertiary/aromatic N) is 2. The molecule has 3 N–H and O–H groups in total. The Hall–Kier alpha value is -3.27. The first-order chi connectivity index (χ1) is 22.9. The van der Waals surface area contributed by atoms with Crippen LogP contribution in [0.1, 0.15) is 92.2 Å². The van der Waals surface area contributed by atoms with Gasteiger partial charge in [0.15, 0.2) is 0 Å². The second kappa shape index (κ2) is 15.8. The zero-order valence-electron chi connectivity index (χ0n) is 27.9. The van der Waals surface area contributed by atoms with Crippen molar-refractivity contribution < 1.29 is 19.1 Å². The highest BCUT2D eigenvalue weighted by atomic mass is 32.1. The van der Waals surface area contributed by atoms with Crippen LogP contribution < -0.4 is 20.7 Å². The molecule has 0 saturated heterocycles. The Kier molecular flexibility index (Phi) is 11.3. The summed E-state index contributed by atoms with van der Waals surface area (Å²) < 4.78 is 10.8. The van der Waals surface area contributed by atoms with E-state index in [1.807, 2.05) is 6.20 Å². The molecular weight excluding hydrogens is 609 g/mol. The van der Waals surface area contributed by atoms with Gasteiger partial charge < -0.3 is 25.4 Å². The Bertz CT molecular complexity index is 1500. The molecule has 2 amide bonds. The Morgan fingerprint density at radius 3 is 2.45 bits per heavy atom. The van der Waals surface area contributed by atoms with Gasteiger partial charge in [-0.2, -0.15) is 0 Å². The fraction of sp³-hybridized carbons (Fsp3) is 0.553. The minimum Gasteiger partial charge on any atom is -0.496 e. The Morgan fingerprint density at radius 1 is 0.979 bits per heavy atom. The van der Waals surface area contributed by atoms with Crippen LogP contribution in [0.3, 0.4) is 0 Å². The first-order valence-electron chi connectivity index (χ1n) is 17.5. The highest BCUT2D eigenvalue weighted by Gasteiger charge is 2.33. The quantitative estimate of drug-likeness (QED) is 0.192. The summed E-state index contributed by atoms with van der Waals surface area (Å²) in [6.07, 6.45) is 12.1. The smallest absolute Gasteiger partial charge is 0.246 e. The molecule has 1 heterocycles. The number of rotatable bonds is 13. The second-order valence-corrected chi connectivity index (χ2v) is 14.8. The van der Waals surface area contributed by atoms with Gasteiger partial charge in [-0.3, -0.25) is 9.59 Å². The average Bonchev–Trinajstić information content (AvgIpc) is 3.83. The molecular formula is C38H50N4O4S. The Labute approximate surface area is 283 Å². The van der Waals surface area contributed by atoms with Gasteiger partial charge in [0, 0.05) is 42.9 Å². The SMILES string of the molecule is COc1ccc(C2CCC(CN(C(=O)C3CCC(NC(=O)COCCN)CC3)c3cccc(-c4cnc(C5CC5)s4)c3)CC2)cc1C. The third-order valence-corrected chi connectivity index (χ3v) is 11.5. The number of aryl methyl sites for hydroxylation is 1. The third kappa shape index (κ3) is 8.61. The number of aromatic nitrogens is 1. The molecule has 252 valence electrons. The fourth-order valence-corrected chi connectivity index (χ4v) is 8.49. The van der Waals surface area contributed by atoms with Crippen molar-refractivity contribution in [3.63, 3.8) is 0 Å². The van der Waals surface area contributed by atoms with E-state index >= 15 is 0 Å². The van der Waals surface area contributed by atoms with Crippen molar-refractivity contribution in [2.75, 3.05) is 38.3 Å². The van der Waals surface area contributed by atoms with Crippen molar-refractivity contribution in [1.29, 1.82) is 0 Å². The number of ether oxygens (including phenoxy) is 2. The molecule has 0 aliphatic heterocycles. The minimum absolute atomic E-state index is 0.0302. The number of hydrogen-bond donors (Lipinski definition) is 2. The lowest BCUT2D eigenvalue weighted by molar-refractivity contribution is -0.126. The van der Waals surface area contributed by atoms with Crippen LogP contribution in [-0.4, -0.2) is 56.3 Å². The Balaban J connectivity index is 1.14. The van der Waals surface area contributed by atoms with Gasteiger partial charge in [0.2, 0.25) is 11.8 Å². The van der Waals surface area contributed by atoms with Crippen LogP contribution in [0.15, 0.2) is 48.7 Å². The Morgan fingerprint density at radius 2 is 1.74 bits per heavy atom. The molecule has 3 aromatic rings. The molecule has 47 heavy (non-hydrogen) atoms. The summed E-state index contributed by atoms with van der Waals surface area (Å²) in [7, 11) is 1.73. The number of hydrogen-bond acceptors (Lipinski definition) is 7. The summed E-state index contributed by atoms with van der Waals surface area (Å²) in [5.74, 6) is 2.62. The molecule has 3 saturated carbocycles. The van der Waals surface area contributed by atoms with Crippen LogP contribution in [0, 0.1) is 18.8 Å². The number of nitrogens with two attached hydrogens (primary N) is 1. The van der Waals surface area contributed by atoms with E-state index in [9.17, 15) is 9.59 Å². The molecule has 8 nitrogen and oxygen atoms in total. The molecule has 9 heteroatoms. The van der Waals surface area contributed by atoms with E-state index in [0.717, 1.165) is 74.9 Å². The van der Waals surface area contributed by atoms with Crippen LogP contribution in [0.5, 0.6) is 5.75 Å². The van der Waals surface area contributed by atoms with Crippen molar-refractivity contribution in [2.24, 2.45) is 17.6 Å². The van der Waals surface area contributed by atoms with Crippen LogP contribution in [0.4, 0.5) is 5.69 Å². The third-order valence-electron chi connectivity index (χ3n) is 10.3. The second-order valence-electron chi connectivity index (χ2n) is 13.7. The lowest BCUT2D eigenvalue weighted by Gasteiger charge is -2.36. The molecule has 6 rings (SSSR count). The summed E-state index contributed by atoms with van der Waals surface area (Å²) in [6.45, 7) is 3.66. The number of carbonyl (C=O) groups is 2. The van der Waals surface area contributed by atoms with E-state index in [-0.39, 0.29) is 30.4 Å².